The third kappa shape index (κ3) is 5.84. The van der Waals surface area contributed by atoms with Gasteiger partial charge in [-0.25, -0.2) is 4.39 Å². The van der Waals surface area contributed by atoms with Crippen LogP contribution in [0.4, 0.5) is 10.1 Å². The minimum Gasteiger partial charge on any atom is -0.324 e. The van der Waals surface area contributed by atoms with Gasteiger partial charge < -0.3 is 5.32 Å². The molecular formula is C25H20FN5OS2. The average molecular weight is 490 g/mol. The molecule has 0 spiro atoms. The predicted octanol–water partition coefficient (Wildman–Crippen LogP) is 5.48. The molecule has 6 nitrogen and oxygen atoms in total. The van der Waals surface area contributed by atoms with E-state index >= 15 is 0 Å². The van der Waals surface area contributed by atoms with Crippen molar-refractivity contribution in [2.24, 2.45) is 0 Å². The second-order valence-corrected chi connectivity index (χ2v) is 9.10. The number of halogens is 1. The highest BCUT2D eigenvalue weighted by Crippen LogP contribution is 2.29. The van der Waals surface area contributed by atoms with E-state index in [0.717, 1.165) is 10.5 Å². The molecule has 0 bridgehead atoms. The lowest BCUT2D eigenvalue weighted by Crippen LogP contribution is -2.15. The van der Waals surface area contributed by atoms with Crippen LogP contribution in [-0.2, 0) is 11.3 Å². The van der Waals surface area contributed by atoms with Gasteiger partial charge in [-0.3, -0.25) is 9.36 Å². The van der Waals surface area contributed by atoms with Gasteiger partial charge in [-0.2, -0.15) is 5.26 Å². The van der Waals surface area contributed by atoms with E-state index in [4.69, 9.17) is 5.26 Å². The molecule has 0 radical (unpaired) electrons. The molecule has 0 aliphatic heterocycles. The largest absolute Gasteiger partial charge is 0.324 e. The van der Waals surface area contributed by atoms with Crippen LogP contribution >= 0.6 is 23.5 Å². The van der Waals surface area contributed by atoms with E-state index in [1.54, 1.807) is 24.3 Å². The van der Waals surface area contributed by atoms with Gasteiger partial charge in [-0.1, -0.05) is 66.4 Å². The molecule has 170 valence electrons. The molecule has 1 heterocycles. The summed E-state index contributed by atoms with van der Waals surface area (Å²) >= 11 is 2.60. The van der Waals surface area contributed by atoms with Crippen LogP contribution in [0.2, 0.25) is 0 Å². The van der Waals surface area contributed by atoms with Crippen molar-refractivity contribution in [1.82, 2.24) is 14.8 Å². The molecule has 1 N–H and O–H groups in total. The zero-order valence-electron chi connectivity index (χ0n) is 18.0. The maximum atomic E-state index is 14.5. The molecule has 34 heavy (non-hydrogen) atoms. The third-order valence-corrected chi connectivity index (χ3v) is 6.71. The summed E-state index contributed by atoms with van der Waals surface area (Å²) in [5.74, 6) is 0.203. The van der Waals surface area contributed by atoms with Gasteiger partial charge in [-0.15, -0.1) is 22.0 Å². The molecule has 0 saturated carbocycles. The molecule has 1 aromatic heterocycles. The van der Waals surface area contributed by atoms with Crippen LogP contribution in [0.1, 0.15) is 5.56 Å². The maximum absolute atomic E-state index is 14.5. The van der Waals surface area contributed by atoms with Crippen molar-refractivity contribution in [3.63, 3.8) is 0 Å². The highest BCUT2D eigenvalue weighted by atomic mass is 32.2. The second-order valence-electron chi connectivity index (χ2n) is 7.14. The Kier molecular flexibility index (Phi) is 7.96. The minimum atomic E-state index is -0.384. The summed E-state index contributed by atoms with van der Waals surface area (Å²) in [7, 11) is 0. The van der Waals surface area contributed by atoms with Crippen molar-refractivity contribution >= 4 is 35.1 Å². The van der Waals surface area contributed by atoms with Crippen LogP contribution in [-0.4, -0.2) is 32.2 Å². The van der Waals surface area contributed by atoms with Gasteiger partial charge in [-0.05, 0) is 29.8 Å². The molecule has 0 fully saturated rings. The molecule has 3 aromatic carbocycles. The van der Waals surface area contributed by atoms with E-state index < -0.39 is 0 Å². The van der Waals surface area contributed by atoms with Gasteiger partial charge in [0.15, 0.2) is 11.0 Å². The summed E-state index contributed by atoms with van der Waals surface area (Å²) in [5.41, 5.74) is 2.02. The number of hydrogen-bond acceptors (Lipinski definition) is 6. The lowest BCUT2D eigenvalue weighted by Gasteiger charge is -2.12. The van der Waals surface area contributed by atoms with Crippen LogP contribution in [0.3, 0.4) is 0 Å². The third-order valence-electron chi connectivity index (χ3n) is 4.80. The number of para-hydroxylation sites is 1. The lowest BCUT2D eigenvalue weighted by atomic mass is 10.2. The van der Waals surface area contributed by atoms with Gasteiger partial charge in [0.2, 0.25) is 5.91 Å². The molecule has 0 unspecified atom stereocenters. The van der Waals surface area contributed by atoms with E-state index in [1.165, 1.54) is 29.6 Å². The first kappa shape index (κ1) is 23.5. The number of carbonyl (C=O) groups is 1. The summed E-state index contributed by atoms with van der Waals surface area (Å²) in [5, 5.41) is 20.8. The Balaban J connectivity index is 1.54. The molecular weight excluding hydrogens is 469 g/mol. The number of hydrogen-bond donors (Lipinski definition) is 1. The average Bonchev–Trinajstić information content (AvgIpc) is 3.25. The minimum absolute atomic E-state index is 0.0987. The number of anilines is 1. The SMILES string of the molecule is N#CCSc1ccccc1NC(=O)CSc1nnc(-c2ccccc2F)n1Cc1ccccc1. The molecule has 0 atom stereocenters. The Morgan fingerprint density at radius 1 is 0.971 bits per heavy atom. The summed E-state index contributed by atoms with van der Waals surface area (Å²) in [4.78, 5) is 13.5. The number of carbonyl (C=O) groups excluding carboxylic acids is 1. The molecule has 4 aromatic rings. The second kappa shape index (κ2) is 11.5. The summed E-state index contributed by atoms with van der Waals surface area (Å²) in [6, 6.07) is 25.6. The molecule has 0 saturated heterocycles. The fourth-order valence-corrected chi connectivity index (χ4v) is 4.68. The van der Waals surface area contributed by atoms with Crippen molar-refractivity contribution < 1.29 is 9.18 Å². The number of thioether (sulfide) groups is 2. The van der Waals surface area contributed by atoms with Crippen molar-refractivity contribution in [3.05, 3.63) is 90.2 Å². The molecule has 0 aliphatic rings. The first-order chi connectivity index (χ1) is 16.7. The van der Waals surface area contributed by atoms with Crippen molar-refractivity contribution in [2.75, 3.05) is 16.8 Å². The molecule has 0 aliphatic carbocycles. The van der Waals surface area contributed by atoms with Gasteiger partial charge >= 0.3 is 0 Å². The Morgan fingerprint density at radius 3 is 2.50 bits per heavy atom. The predicted molar refractivity (Wildman–Crippen MR) is 133 cm³/mol. The first-order valence-electron chi connectivity index (χ1n) is 10.4. The fourth-order valence-electron chi connectivity index (χ4n) is 3.27. The zero-order valence-corrected chi connectivity index (χ0v) is 19.7. The molecule has 9 heteroatoms. The van der Waals surface area contributed by atoms with Gasteiger partial charge in [0.1, 0.15) is 5.82 Å². The smallest absolute Gasteiger partial charge is 0.234 e. The quantitative estimate of drug-likeness (QED) is 0.314. The van der Waals surface area contributed by atoms with Gasteiger partial charge in [0.05, 0.1) is 35.4 Å². The van der Waals surface area contributed by atoms with Gasteiger partial charge in [0, 0.05) is 4.90 Å². The van der Waals surface area contributed by atoms with E-state index in [9.17, 15) is 9.18 Å². The maximum Gasteiger partial charge on any atom is 0.234 e. The number of rotatable bonds is 9. The number of amides is 1. The van der Waals surface area contributed by atoms with Crippen LogP contribution in [0, 0.1) is 17.1 Å². The fraction of sp³-hybridized carbons (Fsp3) is 0.120. The van der Waals surface area contributed by atoms with Crippen LogP contribution in [0.5, 0.6) is 0 Å². The Morgan fingerprint density at radius 2 is 1.71 bits per heavy atom. The Bertz CT molecular complexity index is 1320. The standard InChI is InChI=1S/C25H20FN5OS2/c26-20-11-5-4-10-19(20)24-29-30-25(31(24)16-18-8-2-1-3-9-18)34-17-23(32)28-21-12-6-7-13-22(21)33-15-14-27/h1-13H,15-17H2,(H,28,32). The van der Waals surface area contributed by atoms with Crippen molar-refractivity contribution in [1.29, 1.82) is 5.26 Å². The van der Waals surface area contributed by atoms with Crippen molar-refractivity contribution in [2.45, 2.75) is 16.6 Å². The van der Waals surface area contributed by atoms with E-state index in [-0.39, 0.29) is 17.5 Å². The summed E-state index contributed by atoms with van der Waals surface area (Å²) < 4.78 is 16.3. The highest BCUT2D eigenvalue weighted by Gasteiger charge is 2.18. The summed E-state index contributed by atoms with van der Waals surface area (Å²) in [6.45, 7) is 0.440. The molecule has 4 rings (SSSR count). The topological polar surface area (TPSA) is 83.6 Å². The first-order valence-corrected chi connectivity index (χ1v) is 12.4. The van der Waals surface area contributed by atoms with Crippen LogP contribution in [0.15, 0.2) is 88.9 Å². The monoisotopic (exact) mass is 489 g/mol. The van der Waals surface area contributed by atoms with Crippen LogP contribution < -0.4 is 5.32 Å². The Hall–Kier alpha value is -3.61. The van der Waals surface area contributed by atoms with E-state index in [0.29, 0.717) is 34.5 Å². The lowest BCUT2D eigenvalue weighted by molar-refractivity contribution is -0.113. The number of nitriles is 1. The van der Waals surface area contributed by atoms with Crippen molar-refractivity contribution in [3.8, 4) is 17.5 Å². The number of benzene rings is 3. The Labute approximate surface area is 205 Å². The van der Waals surface area contributed by atoms with Gasteiger partial charge in [0.25, 0.3) is 0 Å². The van der Waals surface area contributed by atoms with E-state index in [2.05, 4.69) is 21.6 Å². The number of nitrogens with zero attached hydrogens (tertiary/aromatic N) is 4. The number of nitrogens with one attached hydrogen (secondary N) is 1. The van der Waals surface area contributed by atoms with Crippen LogP contribution in [0.25, 0.3) is 11.4 Å². The summed E-state index contributed by atoms with van der Waals surface area (Å²) in [6.07, 6.45) is 0. The highest BCUT2D eigenvalue weighted by molar-refractivity contribution is 8.00. The molecule has 1 amide bonds. The number of aromatic nitrogens is 3. The van der Waals surface area contributed by atoms with E-state index in [1.807, 2.05) is 53.1 Å². The normalized spacial score (nSPS) is 10.6. The zero-order chi connectivity index (χ0) is 23.8.